The minimum absolute atomic E-state index is 0.208. The van der Waals surface area contributed by atoms with Gasteiger partial charge in [0.15, 0.2) is 0 Å². The summed E-state index contributed by atoms with van der Waals surface area (Å²) in [5, 5.41) is 9.55. The molecule has 2 rings (SSSR count). The van der Waals surface area contributed by atoms with Gasteiger partial charge in [-0.3, -0.25) is 4.99 Å². The van der Waals surface area contributed by atoms with Crippen molar-refractivity contribution in [3.05, 3.63) is 11.3 Å². The molecule has 3 nitrogen and oxygen atoms in total. The van der Waals surface area contributed by atoms with E-state index in [0.29, 0.717) is 6.54 Å². The minimum Gasteiger partial charge on any atom is -0.391 e. The van der Waals surface area contributed by atoms with Gasteiger partial charge < -0.3 is 10.0 Å². The van der Waals surface area contributed by atoms with Crippen molar-refractivity contribution in [3.8, 4) is 0 Å². The first-order chi connectivity index (χ1) is 6.09. The van der Waals surface area contributed by atoms with Crippen LogP contribution in [0.5, 0.6) is 0 Å². The lowest BCUT2D eigenvalue weighted by Crippen LogP contribution is -2.32. The van der Waals surface area contributed by atoms with Gasteiger partial charge in [-0.1, -0.05) is 0 Å². The third-order valence-electron chi connectivity index (χ3n) is 3.00. The lowest BCUT2D eigenvalue weighted by molar-refractivity contribution is 0.188. The van der Waals surface area contributed by atoms with Crippen LogP contribution in [0.15, 0.2) is 16.3 Å². The maximum absolute atomic E-state index is 9.55. The van der Waals surface area contributed by atoms with Crippen molar-refractivity contribution in [1.29, 1.82) is 0 Å². The number of hydrogen-bond donors (Lipinski definition) is 1. The molecule has 0 aliphatic carbocycles. The third-order valence-corrected chi connectivity index (χ3v) is 3.00. The highest BCUT2D eigenvalue weighted by Crippen LogP contribution is 2.30. The second-order valence-corrected chi connectivity index (χ2v) is 3.95. The summed E-state index contributed by atoms with van der Waals surface area (Å²) in [4.78, 5) is 6.65. The van der Waals surface area contributed by atoms with Crippen LogP contribution >= 0.6 is 0 Å². The smallest absolute Gasteiger partial charge is 0.101 e. The first-order valence-electron chi connectivity index (χ1n) is 4.79. The summed E-state index contributed by atoms with van der Waals surface area (Å²) in [6.45, 7) is 6.95. The van der Waals surface area contributed by atoms with Crippen molar-refractivity contribution < 1.29 is 5.11 Å². The largest absolute Gasteiger partial charge is 0.391 e. The molecule has 1 fully saturated rings. The number of amidine groups is 1. The van der Waals surface area contributed by atoms with Gasteiger partial charge in [0.05, 0.1) is 18.7 Å². The number of aliphatic hydroxyl groups excluding tert-OH is 1. The van der Waals surface area contributed by atoms with Crippen molar-refractivity contribution in [2.45, 2.75) is 39.3 Å². The van der Waals surface area contributed by atoms with Gasteiger partial charge in [-0.25, -0.2) is 0 Å². The van der Waals surface area contributed by atoms with Crippen LogP contribution in [-0.4, -0.2) is 34.5 Å². The molecule has 1 saturated heterocycles. The molecule has 13 heavy (non-hydrogen) atoms. The van der Waals surface area contributed by atoms with E-state index in [1.165, 1.54) is 11.3 Å². The van der Waals surface area contributed by atoms with Gasteiger partial charge in [-0.2, -0.15) is 0 Å². The van der Waals surface area contributed by atoms with Crippen molar-refractivity contribution in [2.75, 3.05) is 6.54 Å². The summed E-state index contributed by atoms with van der Waals surface area (Å²) in [7, 11) is 0. The third kappa shape index (κ3) is 1.27. The van der Waals surface area contributed by atoms with Gasteiger partial charge in [0, 0.05) is 12.1 Å². The molecule has 0 radical (unpaired) electrons. The van der Waals surface area contributed by atoms with Crippen LogP contribution < -0.4 is 0 Å². The monoisotopic (exact) mass is 180 g/mol. The summed E-state index contributed by atoms with van der Waals surface area (Å²) in [6, 6.07) is 0.288. The lowest BCUT2D eigenvalue weighted by Gasteiger charge is -2.28. The molecule has 2 aliphatic rings. The summed E-state index contributed by atoms with van der Waals surface area (Å²) in [6.07, 6.45) is 0.587. The zero-order chi connectivity index (χ0) is 9.59. The molecule has 2 atom stereocenters. The average molecular weight is 180 g/mol. The highest BCUT2D eigenvalue weighted by atomic mass is 16.3. The molecule has 72 valence electrons. The van der Waals surface area contributed by atoms with Gasteiger partial charge in [0.25, 0.3) is 0 Å². The maximum atomic E-state index is 9.55. The maximum Gasteiger partial charge on any atom is 0.101 e. The van der Waals surface area contributed by atoms with Crippen molar-refractivity contribution in [2.24, 2.45) is 4.99 Å². The van der Waals surface area contributed by atoms with Crippen molar-refractivity contribution in [1.82, 2.24) is 4.90 Å². The minimum atomic E-state index is -0.208. The molecule has 0 bridgehead atoms. The van der Waals surface area contributed by atoms with Crippen LogP contribution in [0, 0.1) is 0 Å². The highest BCUT2D eigenvalue weighted by Gasteiger charge is 2.31. The van der Waals surface area contributed by atoms with Crippen LogP contribution in [0.25, 0.3) is 0 Å². The lowest BCUT2D eigenvalue weighted by atomic mass is 10.1. The Morgan fingerprint density at radius 2 is 2.15 bits per heavy atom. The van der Waals surface area contributed by atoms with Crippen LogP contribution in [0.4, 0.5) is 0 Å². The van der Waals surface area contributed by atoms with E-state index < -0.39 is 0 Å². The van der Waals surface area contributed by atoms with E-state index in [0.717, 1.165) is 12.3 Å². The second kappa shape index (κ2) is 2.84. The topological polar surface area (TPSA) is 35.8 Å². The first-order valence-corrected chi connectivity index (χ1v) is 4.79. The fourth-order valence-electron chi connectivity index (χ4n) is 2.11. The Morgan fingerprint density at radius 3 is 2.85 bits per heavy atom. The number of fused-ring (bicyclic) bond motifs is 1. The fraction of sp³-hybridized carbons (Fsp3) is 0.700. The fourth-order valence-corrected chi connectivity index (χ4v) is 2.11. The Labute approximate surface area is 78.8 Å². The number of rotatable bonds is 0. The SMILES string of the molecule is CC1=N[C@@H](C)C(C)=C2C[C@H](O)CN12. The Kier molecular flexibility index (Phi) is 1.91. The summed E-state index contributed by atoms with van der Waals surface area (Å²) in [5.41, 5.74) is 2.59. The van der Waals surface area contributed by atoms with Crippen LogP contribution in [0.3, 0.4) is 0 Å². The Balaban J connectivity index is 2.37. The molecule has 2 heterocycles. The van der Waals surface area contributed by atoms with E-state index in [9.17, 15) is 5.11 Å². The van der Waals surface area contributed by atoms with Crippen LogP contribution in [0.1, 0.15) is 27.2 Å². The standard InChI is InChI=1S/C10H16N2O/c1-6-7(2)11-8(3)12-5-9(13)4-10(6)12/h7,9,13H,4-5H2,1-3H3/t7-,9-/m0/s1. The van der Waals surface area contributed by atoms with E-state index in [1.807, 2.05) is 6.92 Å². The molecule has 2 aliphatic heterocycles. The zero-order valence-corrected chi connectivity index (χ0v) is 8.41. The predicted octanol–water partition coefficient (Wildman–Crippen LogP) is 1.15. The van der Waals surface area contributed by atoms with Gasteiger partial charge in [-0.05, 0) is 26.3 Å². The molecule has 3 heteroatoms. The number of hydrogen-bond acceptors (Lipinski definition) is 3. The number of aliphatic imine (C=N–C) groups is 1. The van der Waals surface area contributed by atoms with E-state index in [-0.39, 0.29) is 12.1 Å². The summed E-state index contributed by atoms with van der Waals surface area (Å²) in [5.74, 6) is 1.05. The molecule has 1 N–H and O–H groups in total. The normalized spacial score (nSPS) is 33.5. The van der Waals surface area contributed by atoms with Gasteiger partial charge in [0.2, 0.25) is 0 Å². The van der Waals surface area contributed by atoms with E-state index in [4.69, 9.17) is 0 Å². The van der Waals surface area contributed by atoms with Gasteiger partial charge >= 0.3 is 0 Å². The number of nitrogens with zero attached hydrogens (tertiary/aromatic N) is 2. The van der Waals surface area contributed by atoms with Crippen molar-refractivity contribution >= 4 is 5.84 Å². The molecule has 0 unspecified atom stereocenters. The van der Waals surface area contributed by atoms with Gasteiger partial charge in [0.1, 0.15) is 5.84 Å². The predicted molar refractivity (Wildman–Crippen MR) is 52.6 cm³/mol. The first kappa shape index (κ1) is 8.75. The molecular formula is C10H16N2O. The van der Waals surface area contributed by atoms with Crippen molar-refractivity contribution in [3.63, 3.8) is 0 Å². The number of aliphatic hydroxyl groups is 1. The average Bonchev–Trinajstić information content (AvgIpc) is 2.44. The summed E-state index contributed by atoms with van der Waals surface area (Å²) >= 11 is 0. The highest BCUT2D eigenvalue weighted by molar-refractivity contribution is 5.83. The molecule has 0 aromatic carbocycles. The Hall–Kier alpha value is -0.830. The molecule has 0 amide bonds. The van der Waals surface area contributed by atoms with E-state index in [2.05, 4.69) is 23.7 Å². The zero-order valence-electron chi connectivity index (χ0n) is 8.41. The molecule has 0 aromatic heterocycles. The van der Waals surface area contributed by atoms with E-state index in [1.54, 1.807) is 0 Å². The molecule has 0 saturated carbocycles. The molecular weight excluding hydrogens is 164 g/mol. The van der Waals surface area contributed by atoms with Crippen LogP contribution in [0.2, 0.25) is 0 Å². The Bertz CT molecular complexity index is 293. The van der Waals surface area contributed by atoms with E-state index >= 15 is 0 Å². The second-order valence-electron chi connectivity index (χ2n) is 3.95. The summed E-state index contributed by atoms with van der Waals surface area (Å²) < 4.78 is 0. The molecule has 0 spiro atoms. The Morgan fingerprint density at radius 1 is 1.46 bits per heavy atom. The van der Waals surface area contributed by atoms with Gasteiger partial charge in [-0.15, -0.1) is 0 Å². The van der Waals surface area contributed by atoms with Crippen LogP contribution in [-0.2, 0) is 0 Å². The molecule has 0 aromatic rings. The quantitative estimate of drug-likeness (QED) is 0.607.